The standard InChI is InChI=1S/C13H17IN2O/c14-8-4-5-9-15-10-11-16(13(15)17)12-6-2-1-3-7-12/h1-3,6-7H,4-5,8-11H2. The summed E-state index contributed by atoms with van der Waals surface area (Å²) in [5.74, 6) is 0. The first-order valence-electron chi connectivity index (χ1n) is 6.00. The number of rotatable bonds is 5. The Morgan fingerprint density at radius 1 is 1.12 bits per heavy atom. The molecular weight excluding hydrogens is 327 g/mol. The smallest absolute Gasteiger partial charge is 0.323 e. The van der Waals surface area contributed by atoms with E-state index in [2.05, 4.69) is 22.6 Å². The lowest BCUT2D eigenvalue weighted by Gasteiger charge is -2.18. The van der Waals surface area contributed by atoms with Gasteiger partial charge < -0.3 is 4.90 Å². The van der Waals surface area contributed by atoms with E-state index in [0.29, 0.717) is 0 Å². The number of anilines is 1. The van der Waals surface area contributed by atoms with Crippen molar-refractivity contribution in [1.82, 2.24) is 4.90 Å². The summed E-state index contributed by atoms with van der Waals surface area (Å²) in [5, 5.41) is 0. The number of halogens is 1. The van der Waals surface area contributed by atoms with Gasteiger partial charge in [-0.2, -0.15) is 0 Å². The molecule has 1 aliphatic rings. The molecule has 0 N–H and O–H groups in total. The van der Waals surface area contributed by atoms with Crippen LogP contribution in [0.25, 0.3) is 0 Å². The first-order chi connectivity index (χ1) is 8.33. The fourth-order valence-electron chi connectivity index (χ4n) is 2.03. The largest absolute Gasteiger partial charge is 0.324 e. The highest BCUT2D eigenvalue weighted by atomic mass is 127. The summed E-state index contributed by atoms with van der Waals surface area (Å²) in [6.45, 7) is 2.56. The van der Waals surface area contributed by atoms with Crippen molar-refractivity contribution in [3.8, 4) is 0 Å². The molecular formula is C13H17IN2O. The van der Waals surface area contributed by atoms with Gasteiger partial charge in [0.05, 0.1) is 0 Å². The molecule has 4 heteroatoms. The molecule has 0 unspecified atom stereocenters. The number of carbonyl (C=O) groups is 1. The van der Waals surface area contributed by atoms with E-state index in [0.717, 1.165) is 31.7 Å². The number of alkyl halides is 1. The van der Waals surface area contributed by atoms with E-state index < -0.39 is 0 Å². The number of urea groups is 1. The Balaban J connectivity index is 1.94. The third-order valence-corrected chi connectivity index (χ3v) is 3.74. The summed E-state index contributed by atoms with van der Waals surface area (Å²) in [6, 6.07) is 10.1. The minimum atomic E-state index is 0.157. The second-order valence-corrected chi connectivity index (χ2v) is 5.23. The van der Waals surface area contributed by atoms with E-state index in [9.17, 15) is 4.79 Å². The molecule has 0 aromatic heterocycles. The van der Waals surface area contributed by atoms with Crippen LogP contribution in [0.5, 0.6) is 0 Å². The fraction of sp³-hybridized carbons (Fsp3) is 0.462. The summed E-state index contributed by atoms with van der Waals surface area (Å²) < 4.78 is 1.17. The topological polar surface area (TPSA) is 23.6 Å². The van der Waals surface area contributed by atoms with E-state index in [-0.39, 0.29) is 6.03 Å². The van der Waals surface area contributed by atoms with Crippen molar-refractivity contribution in [3.63, 3.8) is 0 Å². The van der Waals surface area contributed by atoms with Crippen LogP contribution in [0.1, 0.15) is 12.8 Å². The van der Waals surface area contributed by atoms with Gasteiger partial charge in [0.1, 0.15) is 0 Å². The summed E-state index contributed by atoms with van der Waals surface area (Å²) in [5.41, 5.74) is 1.01. The molecule has 2 rings (SSSR count). The number of hydrogen-bond acceptors (Lipinski definition) is 1. The van der Waals surface area contributed by atoms with Gasteiger partial charge in [0.25, 0.3) is 0 Å². The first-order valence-corrected chi connectivity index (χ1v) is 7.53. The van der Waals surface area contributed by atoms with Crippen molar-refractivity contribution < 1.29 is 4.79 Å². The number of para-hydroxylation sites is 1. The van der Waals surface area contributed by atoms with Crippen LogP contribution < -0.4 is 4.90 Å². The number of nitrogens with zero attached hydrogens (tertiary/aromatic N) is 2. The third-order valence-electron chi connectivity index (χ3n) is 2.97. The average Bonchev–Trinajstić information content (AvgIpc) is 2.73. The number of benzene rings is 1. The van der Waals surface area contributed by atoms with Crippen LogP contribution >= 0.6 is 22.6 Å². The van der Waals surface area contributed by atoms with Crippen LogP contribution in [0.2, 0.25) is 0 Å². The highest BCUT2D eigenvalue weighted by Crippen LogP contribution is 2.19. The van der Waals surface area contributed by atoms with Gasteiger partial charge in [0.15, 0.2) is 0 Å². The molecule has 1 aliphatic heterocycles. The highest BCUT2D eigenvalue weighted by molar-refractivity contribution is 14.1. The zero-order chi connectivity index (χ0) is 12.1. The van der Waals surface area contributed by atoms with Gasteiger partial charge in [0.2, 0.25) is 0 Å². The van der Waals surface area contributed by atoms with E-state index in [1.54, 1.807) is 0 Å². The number of amides is 2. The van der Waals surface area contributed by atoms with Crippen molar-refractivity contribution in [2.24, 2.45) is 0 Å². The predicted molar refractivity (Wildman–Crippen MR) is 78.9 cm³/mol. The molecule has 0 spiro atoms. The van der Waals surface area contributed by atoms with Gasteiger partial charge >= 0.3 is 6.03 Å². The van der Waals surface area contributed by atoms with Crippen molar-refractivity contribution in [3.05, 3.63) is 30.3 Å². The monoisotopic (exact) mass is 344 g/mol. The molecule has 1 aromatic rings. The van der Waals surface area contributed by atoms with Gasteiger partial charge in [-0.25, -0.2) is 4.79 Å². The van der Waals surface area contributed by atoms with Gasteiger partial charge in [-0.3, -0.25) is 4.90 Å². The lowest BCUT2D eigenvalue weighted by Crippen LogP contribution is -2.32. The van der Waals surface area contributed by atoms with Crippen LogP contribution in [0.4, 0.5) is 10.5 Å². The maximum atomic E-state index is 12.2. The normalized spacial score (nSPS) is 15.7. The molecule has 17 heavy (non-hydrogen) atoms. The molecule has 1 fully saturated rings. The summed E-state index contributed by atoms with van der Waals surface area (Å²) in [7, 11) is 0. The van der Waals surface area contributed by atoms with Crippen molar-refractivity contribution in [2.45, 2.75) is 12.8 Å². The maximum Gasteiger partial charge on any atom is 0.324 e. The average molecular weight is 344 g/mol. The number of unbranched alkanes of at least 4 members (excludes halogenated alkanes) is 1. The maximum absolute atomic E-state index is 12.2. The minimum absolute atomic E-state index is 0.157. The highest BCUT2D eigenvalue weighted by Gasteiger charge is 2.28. The summed E-state index contributed by atoms with van der Waals surface area (Å²) in [4.78, 5) is 16.0. The van der Waals surface area contributed by atoms with E-state index in [4.69, 9.17) is 0 Å². The molecule has 92 valence electrons. The van der Waals surface area contributed by atoms with Crippen LogP contribution in [0.15, 0.2) is 30.3 Å². The quantitative estimate of drug-likeness (QED) is 0.457. The second-order valence-electron chi connectivity index (χ2n) is 4.15. The van der Waals surface area contributed by atoms with Crippen molar-refractivity contribution >= 4 is 34.3 Å². The third kappa shape index (κ3) is 3.12. The fourth-order valence-corrected chi connectivity index (χ4v) is 2.57. The van der Waals surface area contributed by atoms with Crippen LogP contribution in [-0.4, -0.2) is 35.0 Å². The lowest BCUT2D eigenvalue weighted by atomic mass is 10.3. The van der Waals surface area contributed by atoms with Gasteiger partial charge in [0, 0.05) is 25.3 Å². The Kier molecular flexibility index (Phi) is 4.65. The van der Waals surface area contributed by atoms with Crippen LogP contribution in [-0.2, 0) is 0 Å². The lowest BCUT2D eigenvalue weighted by molar-refractivity contribution is 0.220. The Labute approximate surface area is 116 Å². The Bertz CT molecular complexity index is 369. The Morgan fingerprint density at radius 2 is 1.88 bits per heavy atom. The number of hydrogen-bond donors (Lipinski definition) is 0. The second kappa shape index (κ2) is 6.23. The number of carbonyl (C=O) groups excluding carboxylic acids is 1. The van der Waals surface area contributed by atoms with Crippen molar-refractivity contribution in [1.29, 1.82) is 0 Å². The van der Waals surface area contributed by atoms with Crippen molar-refractivity contribution in [2.75, 3.05) is 29.0 Å². The molecule has 0 radical (unpaired) electrons. The molecule has 1 aromatic carbocycles. The van der Waals surface area contributed by atoms with Gasteiger partial charge in [-0.1, -0.05) is 40.8 Å². The molecule has 1 heterocycles. The SMILES string of the molecule is O=C1N(CCCCI)CCN1c1ccccc1. The molecule has 2 amide bonds. The molecule has 3 nitrogen and oxygen atoms in total. The van der Waals surface area contributed by atoms with E-state index in [1.807, 2.05) is 40.1 Å². The van der Waals surface area contributed by atoms with E-state index >= 15 is 0 Å². The zero-order valence-electron chi connectivity index (χ0n) is 9.81. The Hall–Kier alpha value is -0.780. The predicted octanol–water partition coefficient (Wildman–Crippen LogP) is 3.14. The van der Waals surface area contributed by atoms with Gasteiger partial charge in [-0.05, 0) is 29.4 Å². The first kappa shape index (κ1) is 12.7. The summed E-state index contributed by atoms with van der Waals surface area (Å²) in [6.07, 6.45) is 2.30. The minimum Gasteiger partial charge on any atom is -0.323 e. The molecule has 0 aliphatic carbocycles. The van der Waals surface area contributed by atoms with Gasteiger partial charge in [-0.15, -0.1) is 0 Å². The molecule has 1 saturated heterocycles. The molecule has 0 saturated carbocycles. The van der Waals surface area contributed by atoms with E-state index in [1.165, 1.54) is 10.8 Å². The molecule has 0 bridgehead atoms. The zero-order valence-corrected chi connectivity index (χ0v) is 12.0. The van der Waals surface area contributed by atoms with Crippen LogP contribution in [0.3, 0.4) is 0 Å². The van der Waals surface area contributed by atoms with Crippen LogP contribution in [0, 0.1) is 0 Å². The Morgan fingerprint density at radius 3 is 2.59 bits per heavy atom. The molecule has 0 atom stereocenters. The summed E-state index contributed by atoms with van der Waals surface area (Å²) >= 11 is 2.38.